The number of halogens is 1. The van der Waals surface area contributed by atoms with Gasteiger partial charge >= 0.3 is 5.97 Å². The standard InChI is InChI=1S/C20H23ClN2O3/c1-22-12-4-6-18(22)19(24)23-13-3-2-5-17(23)11-14-26-20(25)15-7-9-16(21)10-8-15/h4,6-10,12,17H,2-3,5,11,13-14H2,1H3. The summed E-state index contributed by atoms with van der Waals surface area (Å²) in [5.74, 6) is -0.316. The van der Waals surface area contributed by atoms with Gasteiger partial charge in [-0.2, -0.15) is 0 Å². The number of hydrogen-bond donors (Lipinski definition) is 0. The molecule has 0 aliphatic carbocycles. The Hall–Kier alpha value is -2.27. The van der Waals surface area contributed by atoms with Crippen LogP contribution in [0.2, 0.25) is 5.02 Å². The van der Waals surface area contributed by atoms with E-state index >= 15 is 0 Å². The first-order chi connectivity index (χ1) is 12.6. The zero-order chi connectivity index (χ0) is 18.5. The van der Waals surface area contributed by atoms with Crippen molar-refractivity contribution in [1.29, 1.82) is 0 Å². The van der Waals surface area contributed by atoms with E-state index in [1.54, 1.807) is 24.3 Å². The second-order valence-corrected chi connectivity index (χ2v) is 7.02. The van der Waals surface area contributed by atoms with Crippen molar-refractivity contribution >= 4 is 23.5 Å². The van der Waals surface area contributed by atoms with Gasteiger partial charge in [0.2, 0.25) is 0 Å². The first-order valence-corrected chi connectivity index (χ1v) is 9.29. The Morgan fingerprint density at radius 2 is 1.96 bits per heavy atom. The van der Waals surface area contributed by atoms with E-state index in [2.05, 4.69) is 0 Å². The summed E-state index contributed by atoms with van der Waals surface area (Å²) >= 11 is 5.83. The van der Waals surface area contributed by atoms with Gasteiger partial charge in [0, 0.05) is 37.3 Å². The molecule has 0 saturated carbocycles. The number of nitrogens with zero attached hydrogens (tertiary/aromatic N) is 2. The van der Waals surface area contributed by atoms with E-state index in [1.807, 2.05) is 34.8 Å². The first-order valence-electron chi connectivity index (χ1n) is 8.91. The molecular formula is C20H23ClN2O3. The number of ether oxygens (including phenoxy) is 1. The van der Waals surface area contributed by atoms with E-state index in [9.17, 15) is 9.59 Å². The van der Waals surface area contributed by atoms with Crippen LogP contribution in [0.25, 0.3) is 0 Å². The Balaban J connectivity index is 1.57. The molecule has 1 aliphatic rings. The predicted octanol–water partition coefficient (Wildman–Crippen LogP) is 3.92. The number of piperidine rings is 1. The third-order valence-electron chi connectivity index (χ3n) is 4.82. The van der Waals surface area contributed by atoms with E-state index in [1.165, 1.54) is 0 Å². The molecule has 3 rings (SSSR count). The summed E-state index contributed by atoms with van der Waals surface area (Å²) in [5.41, 5.74) is 1.17. The average Bonchev–Trinajstić information content (AvgIpc) is 3.08. The summed E-state index contributed by atoms with van der Waals surface area (Å²) in [4.78, 5) is 26.8. The van der Waals surface area contributed by atoms with Crippen LogP contribution in [0.4, 0.5) is 0 Å². The summed E-state index contributed by atoms with van der Waals surface area (Å²) in [6.45, 7) is 1.04. The van der Waals surface area contributed by atoms with Crippen molar-refractivity contribution in [2.45, 2.75) is 31.7 Å². The van der Waals surface area contributed by atoms with Crippen LogP contribution in [0.3, 0.4) is 0 Å². The highest BCUT2D eigenvalue weighted by Gasteiger charge is 2.28. The molecule has 5 nitrogen and oxygen atoms in total. The number of carbonyl (C=O) groups excluding carboxylic acids is 2. The zero-order valence-corrected chi connectivity index (χ0v) is 15.6. The molecule has 0 bridgehead atoms. The largest absolute Gasteiger partial charge is 0.462 e. The third kappa shape index (κ3) is 4.28. The van der Waals surface area contributed by atoms with Gasteiger partial charge in [0.25, 0.3) is 5.91 Å². The molecule has 1 atom stereocenters. The molecular weight excluding hydrogens is 352 g/mol. The maximum Gasteiger partial charge on any atom is 0.338 e. The molecule has 0 spiro atoms. The molecule has 26 heavy (non-hydrogen) atoms. The summed E-state index contributed by atoms with van der Waals surface area (Å²) < 4.78 is 7.23. The molecule has 0 radical (unpaired) electrons. The minimum absolute atomic E-state index is 0.0474. The Bertz CT molecular complexity index is 770. The quantitative estimate of drug-likeness (QED) is 0.745. The lowest BCUT2D eigenvalue weighted by Crippen LogP contribution is -2.44. The van der Waals surface area contributed by atoms with Gasteiger partial charge in [0.1, 0.15) is 5.69 Å². The first kappa shape index (κ1) is 18.5. The Labute approximate surface area is 158 Å². The molecule has 1 saturated heterocycles. The Morgan fingerprint density at radius 1 is 1.19 bits per heavy atom. The lowest BCUT2D eigenvalue weighted by molar-refractivity contribution is 0.0406. The van der Waals surface area contributed by atoms with Gasteiger partial charge in [-0.1, -0.05) is 11.6 Å². The van der Waals surface area contributed by atoms with Crippen LogP contribution in [0.15, 0.2) is 42.6 Å². The molecule has 1 unspecified atom stereocenters. The van der Waals surface area contributed by atoms with Crippen molar-refractivity contribution in [2.24, 2.45) is 7.05 Å². The number of amides is 1. The number of rotatable bonds is 5. The van der Waals surface area contributed by atoms with Crippen molar-refractivity contribution in [3.63, 3.8) is 0 Å². The topological polar surface area (TPSA) is 51.5 Å². The van der Waals surface area contributed by atoms with Gasteiger partial charge in [-0.15, -0.1) is 0 Å². The number of esters is 1. The lowest BCUT2D eigenvalue weighted by atomic mass is 9.99. The van der Waals surface area contributed by atoms with Crippen LogP contribution >= 0.6 is 11.6 Å². The van der Waals surface area contributed by atoms with Crippen molar-refractivity contribution in [3.05, 3.63) is 58.9 Å². The zero-order valence-electron chi connectivity index (χ0n) is 14.9. The molecule has 2 heterocycles. The van der Waals surface area contributed by atoms with E-state index in [4.69, 9.17) is 16.3 Å². The maximum absolute atomic E-state index is 12.8. The average molecular weight is 375 g/mol. The van der Waals surface area contributed by atoms with Crippen LogP contribution in [0.1, 0.15) is 46.5 Å². The van der Waals surface area contributed by atoms with Crippen molar-refractivity contribution in [2.75, 3.05) is 13.2 Å². The molecule has 6 heteroatoms. The predicted molar refractivity (Wildman–Crippen MR) is 100 cm³/mol. The van der Waals surface area contributed by atoms with E-state index < -0.39 is 0 Å². The number of hydrogen-bond acceptors (Lipinski definition) is 3. The van der Waals surface area contributed by atoms with E-state index in [-0.39, 0.29) is 17.9 Å². The fourth-order valence-electron chi connectivity index (χ4n) is 3.36. The van der Waals surface area contributed by atoms with E-state index in [0.29, 0.717) is 29.3 Å². The van der Waals surface area contributed by atoms with Gasteiger partial charge in [-0.3, -0.25) is 4.79 Å². The second kappa shape index (κ2) is 8.41. The molecule has 1 aromatic carbocycles. The highest BCUT2D eigenvalue weighted by atomic mass is 35.5. The van der Waals surface area contributed by atoms with Gasteiger partial charge in [-0.05, 0) is 55.7 Å². The van der Waals surface area contributed by atoms with Gasteiger partial charge in [-0.25, -0.2) is 4.79 Å². The molecule has 1 amide bonds. The molecule has 1 aliphatic heterocycles. The molecule has 2 aromatic rings. The Kier molecular flexibility index (Phi) is 5.99. The summed E-state index contributed by atoms with van der Waals surface area (Å²) in [7, 11) is 1.88. The highest BCUT2D eigenvalue weighted by Crippen LogP contribution is 2.22. The normalized spacial score (nSPS) is 17.2. The summed E-state index contributed by atoms with van der Waals surface area (Å²) in [6.07, 6.45) is 5.56. The number of likely N-dealkylation sites (tertiary alicyclic amines) is 1. The van der Waals surface area contributed by atoms with E-state index in [0.717, 1.165) is 25.8 Å². The van der Waals surface area contributed by atoms with Gasteiger partial charge in [0.05, 0.1) is 12.2 Å². The SMILES string of the molecule is Cn1cccc1C(=O)N1CCCCC1CCOC(=O)c1ccc(Cl)cc1. The van der Waals surface area contributed by atoms with Crippen molar-refractivity contribution < 1.29 is 14.3 Å². The molecule has 1 fully saturated rings. The van der Waals surface area contributed by atoms with Gasteiger partial charge < -0.3 is 14.2 Å². The van der Waals surface area contributed by atoms with Gasteiger partial charge in [0.15, 0.2) is 0 Å². The number of aryl methyl sites for hydroxylation is 1. The van der Waals surface area contributed by atoms with Crippen LogP contribution in [0, 0.1) is 0 Å². The number of benzene rings is 1. The van der Waals surface area contributed by atoms with Crippen LogP contribution in [-0.2, 0) is 11.8 Å². The second-order valence-electron chi connectivity index (χ2n) is 6.58. The molecule has 138 valence electrons. The maximum atomic E-state index is 12.8. The van der Waals surface area contributed by atoms with Crippen LogP contribution in [0.5, 0.6) is 0 Å². The monoisotopic (exact) mass is 374 g/mol. The summed E-state index contributed by atoms with van der Waals surface area (Å²) in [6, 6.07) is 10.4. The fraction of sp³-hybridized carbons (Fsp3) is 0.400. The van der Waals surface area contributed by atoms with Crippen molar-refractivity contribution in [1.82, 2.24) is 9.47 Å². The highest BCUT2D eigenvalue weighted by molar-refractivity contribution is 6.30. The fourth-order valence-corrected chi connectivity index (χ4v) is 3.48. The smallest absolute Gasteiger partial charge is 0.338 e. The van der Waals surface area contributed by atoms with Crippen LogP contribution in [-0.4, -0.2) is 40.5 Å². The number of carbonyl (C=O) groups is 2. The Morgan fingerprint density at radius 3 is 2.65 bits per heavy atom. The molecule has 1 aromatic heterocycles. The number of aromatic nitrogens is 1. The third-order valence-corrected chi connectivity index (χ3v) is 5.07. The lowest BCUT2D eigenvalue weighted by Gasteiger charge is -2.35. The minimum Gasteiger partial charge on any atom is -0.462 e. The van der Waals surface area contributed by atoms with Crippen LogP contribution < -0.4 is 0 Å². The van der Waals surface area contributed by atoms with Crippen molar-refractivity contribution in [3.8, 4) is 0 Å². The summed E-state index contributed by atoms with van der Waals surface area (Å²) in [5, 5.41) is 0.582. The molecule has 0 N–H and O–H groups in total. The minimum atomic E-state index is -0.363.